The Morgan fingerprint density at radius 2 is 2.12 bits per heavy atom. The van der Waals surface area contributed by atoms with Crippen LogP contribution in [0.2, 0.25) is 0 Å². The van der Waals surface area contributed by atoms with Gasteiger partial charge in [0.05, 0.1) is 11.1 Å². The van der Waals surface area contributed by atoms with Crippen molar-refractivity contribution in [2.75, 3.05) is 0 Å². The van der Waals surface area contributed by atoms with Crippen LogP contribution in [-0.2, 0) is 4.79 Å². The van der Waals surface area contributed by atoms with Crippen LogP contribution in [0.4, 0.5) is 0 Å². The fraction of sp³-hybridized carbons (Fsp3) is 0.0833. The van der Waals surface area contributed by atoms with Crippen LogP contribution in [0.15, 0.2) is 36.5 Å². The minimum Gasteiger partial charge on any atom is -0.365 e. The first-order chi connectivity index (χ1) is 7.72. The Bertz CT molecular complexity index is 575. The maximum absolute atomic E-state index is 11.1. The molecule has 1 heterocycles. The van der Waals surface area contributed by atoms with Gasteiger partial charge in [0.15, 0.2) is 5.82 Å². The van der Waals surface area contributed by atoms with Gasteiger partial charge in [-0.2, -0.15) is 0 Å². The van der Waals surface area contributed by atoms with Crippen LogP contribution < -0.4 is 5.73 Å². The van der Waals surface area contributed by atoms with E-state index in [1.54, 1.807) is 19.2 Å². The van der Waals surface area contributed by atoms with E-state index in [1.165, 1.54) is 0 Å². The van der Waals surface area contributed by atoms with Crippen molar-refractivity contribution in [3.63, 3.8) is 0 Å². The molecule has 0 aliphatic heterocycles. The highest BCUT2D eigenvalue weighted by atomic mass is 16.1. The molecule has 1 aromatic carbocycles. The van der Waals surface area contributed by atoms with E-state index >= 15 is 0 Å². The van der Waals surface area contributed by atoms with Gasteiger partial charge < -0.3 is 5.73 Å². The number of fused-ring (bicyclic) bond motifs is 1. The predicted molar refractivity (Wildman–Crippen MR) is 62.4 cm³/mol. The number of carbonyl (C=O) groups excluding carboxylic acids is 1. The maximum atomic E-state index is 11.1. The molecule has 0 aliphatic carbocycles. The molecule has 4 nitrogen and oxygen atoms in total. The number of carbonyl (C=O) groups is 1. The van der Waals surface area contributed by atoms with Gasteiger partial charge in [-0.3, -0.25) is 4.79 Å². The van der Waals surface area contributed by atoms with E-state index in [9.17, 15) is 4.79 Å². The largest absolute Gasteiger partial charge is 0.365 e. The van der Waals surface area contributed by atoms with Gasteiger partial charge in [0, 0.05) is 11.6 Å². The molecule has 2 N–H and O–H groups in total. The van der Waals surface area contributed by atoms with E-state index in [0.717, 1.165) is 10.9 Å². The van der Waals surface area contributed by atoms with E-state index in [1.807, 2.05) is 24.3 Å². The molecule has 1 amide bonds. The number of amides is 1. The number of nitrogens with two attached hydrogens (primary N) is 1. The lowest BCUT2D eigenvalue weighted by molar-refractivity contribution is -0.112. The lowest BCUT2D eigenvalue weighted by atomic mass is 10.2. The van der Waals surface area contributed by atoms with Crippen LogP contribution in [-0.4, -0.2) is 15.9 Å². The molecular formula is C12H11N3O. The Labute approximate surface area is 92.8 Å². The molecule has 0 aliphatic rings. The van der Waals surface area contributed by atoms with E-state index < -0.39 is 5.91 Å². The summed E-state index contributed by atoms with van der Waals surface area (Å²) in [5, 5.41) is 0.936. The van der Waals surface area contributed by atoms with E-state index in [2.05, 4.69) is 9.97 Å². The molecular weight excluding hydrogens is 202 g/mol. The molecule has 0 saturated heterocycles. The number of rotatable bonds is 2. The van der Waals surface area contributed by atoms with Crippen LogP contribution >= 0.6 is 0 Å². The Kier molecular flexibility index (Phi) is 2.64. The summed E-state index contributed by atoms with van der Waals surface area (Å²) < 4.78 is 0. The summed E-state index contributed by atoms with van der Waals surface area (Å²) >= 11 is 0. The number of benzene rings is 1. The number of nitrogens with zero attached hydrogens (tertiary/aromatic N) is 2. The van der Waals surface area contributed by atoms with Crippen molar-refractivity contribution >= 4 is 22.4 Å². The molecule has 0 saturated carbocycles. The molecule has 0 fully saturated rings. The minimum absolute atomic E-state index is 0.339. The third-order valence-corrected chi connectivity index (χ3v) is 2.28. The molecule has 0 radical (unpaired) electrons. The number of allylic oxidation sites excluding steroid dienone is 1. The van der Waals surface area contributed by atoms with Crippen molar-refractivity contribution in [3.05, 3.63) is 42.4 Å². The van der Waals surface area contributed by atoms with Gasteiger partial charge in [-0.05, 0) is 13.0 Å². The van der Waals surface area contributed by atoms with Crippen LogP contribution in [0, 0.1) is 0 Å². The zero-order chi connectivity index (χ0) is 11.5. The van der Waals surface area contributed by atoms with Gasteiger partial charge in [0.25, 0.3) is 5.91 Å². The van der Waals surface area contributed by atoms with Crippen molar-refractivity contribution in [2.45, 2.75) is 6.92 Å². The lowest BCUT2D eigenvalue weighted by Gasteiger charge is -2.02. The van der Waals surface area contributed by atoms with Crippen molar-refractivity contribution in [2.24, 2.45) is 5.73 Å². The molecule has 16 heavy (non-hydrogen) atoms. The fourth-order valence-corrected chi connectivity index (χ4v) is 1.48. The number of primary amides is 1. The van der Waals surface area contributed by atoms with Gasteiger partial charge in [-0.1, -0.05) is 24.3 Å². The second-order valence-electron chi connectivity index (χ2n) is 3.32. The number of hydrogen-bond acceptors (Lipinski definition) is 3. The molecule has 2 aromatic rings. The standard InChI is InChI=1S/C12H11N3O/c1-2-9(11(13)16)12-14-7-8-5-3-4-6-10(8)15-12/h2-7H,1H3,(H2,13,16)/b9-2-. The first kappa shape index (κ1) is 10.3. The van der Waals surface area contributed by atoms with Crippen molar-refractivity contribution in [1.82, 2.24) is 9.97 Å². The molecule has 0 spiro atoms. The lowest BCUT2D eigenvalue weighted by Crippen LogP contribution is -2.14. The van der Waals surface area contributed by atoms with Gasteiger partial charge in [-0.25, -0.2) is 9.97 Å². The fourth-order valence-electron chi connectivity index (χ4n) is 1.48. The van der Waals surface area contributed by atoms with Crippen molar-refractivity contribution in [3.8, 4) is 0 Å². The molecule has 4 heteroatoms. The summed E-state index contributed by atoms with van der Waals surface area (Å²) in [6.07, 6.45) is 3.30. The average Bonchev–Trinajstić information content (AvgIpc) is 2.29. The first-order valence-electron chi connectivity index (χ1n) is 4.90. The Hall–Kier alpha value is -2.23. The van der Waals surface area contributed by atoms with Crippen molar-refractivity contribution in [1.29, 1.82) is 0 Å². The molecule has 0 unspecified atom stereocenters. The molecule has 2 rings (SSSR count). The highest BCUT2D eigenvalue weighted by molar-refractivity contribution is 6.17. The van der Waals surface area contributed by atoms with E-state index in [4.69, 9.17) is 5.73 Å². The van der Waals surface area contributed by atoms with Gasteiger partial charge in [0.1, 0.15) is 0 Å². The van der Waals surface area contributed by atoms with Crippen LogP contribution in [0.1, 0.15) is 12.7 Å². The maximum Gasteiger partial charge on any atom is 0.252 e. The summed E-state index contributed by atoms with van der Waals surface area (Å²) in [4.78, 5) is 19.5. The predicted octanol–water partition coefficient (Wildman–Crippen LogP) is 1.52. The summed E-state index contributed by atoms with van der Waals surface area (Å²) in [5.41, 5.74) is 6.37. The second-order valence-corrected chi connectivity index (χ2v) is 3.32. The molecule has 80 valence electrons. The highest BCUT2D eigenvalue weighted by Crippen LogP contribution is 2.14. The van der Waals surface area contributed by atoms with Crippen molar-refractivity contribution < 1.29 is 4.79 Å². The molecule has 0 atom stereocenters. The van der Waals surface area contributed by atoms with Crippen LogP contribution in [0.3, 0.4) is 0 Å². The zero-order valence-electron chi connectivity index (χ0n) is 8.84. The Morgan fingerprint density at radius 1 is 1.38 bits per heavy atom. The topological polar surface area (TPSA) is 68.9 Å². The minimum atomic E-state index is -0.516. The number of hydrogen-bond donors (Lipinski definition) is 1. The molecule has 0 bridgehead atoms. The summed E-state index contributed by atoms with van der Waals surface area (Å²) in [5.74, 6) is -0.147. The third-order valence-electron chi connectivity index (χ3n) is 2.28. The van der Waals surface area contributed by atoms with E-state index in [0.29, 0.717) is 11.4 Å². The normalized spacial score (nSPS) is 11.7. The second kappa shape index (κ2) is 4.10. The van der Waals surface area contributed by atoms with Crippen LogP contribution in [0.5, 0.6) is 0 Å². The smallest absolute Gasteiger partial charge is 0.252 e. The monoisotopic (exact) mass is 213 g/mol. The number of aromatic nitrogens is 2. The quantitative estimate of drug-likeness (QED) is 0.769. The third kappa shape index (κ3) is 1.77. The van der Waals surface area contributed by atoms with E-state index in [-0.39, 0.29) is 0 Å². The summed E-state index contributed by atoms with van der Waals surface area (Å²) in [6.45, 7) is 1.73. The number of para-hydroxylation sites is 1. The SMILES string of the molecule is C/C=C(/C(N)=O)c1ncc2ccccc2n1. The molecule has 1 aromatic heterocycles. The van der Waals surface area contributed by atoms with Gasteiger partial charge in [0.2, 0.25) is 0 Å². The average molecular weight is 213 g/mol. The summed E-state index contributed by atoms with van der Waals surface area (Å²) in [6, 6.07) is 7.59. The summed E-state index contributed by atoms with van der Waals surface area (Å²) in [7, 11) is 0. The van der Waals surface area contributed by atoms with Crippen LogP contribution in [0.25, 0.3) is 16.5 Å². The Morgan fingerprint density at radius 3 is 2.81 bits per heavy atom. The zero-order valence-corrected chi connectivity index (χ0v) is 8.84. The Balaban J connectivity index is 2.59. The van der Waals surface area contributed by atoms with Gasteiger partial charge in [-0.15, -0.1) is 0 Å². The van der Waals surface area contributed by atoms with Gasteiger partial charge >= 0.3 is 0 Å². The highest BCUT2D eigenvalue weighted by Gasteiger charge is 2.10. The first-order valence-corrected chi connectivity index (χ1v) is 4.90.